The molecule has 0 aliphatic carbocycles. The molecule has 1 rings (SSSR count). The van der Waals surface area contributed by atoms with E-state index in [1.807, 2.05) is 0 Å². The largest absolute Gasteiger partial charge is 0.545 e. The minimum atomic E-state index is -1.22. The van der Waals surface area contributed by atoms with Gasteiger partial charge in [-0.2, -0.15) is 0 Å². The standard InChI is InChI=1S/C16H36N.C7H5IO3/c1-5-9-13-17(14-10-6-2,15-11-7-3)16-12-8-4;8-11-6-4-2-1-3-5(6)7(9)10/h5-16H2,1-4H3;1-4H,(H,9,10)/q+1;/p-1. The van der Waals surface area contributed by atoms with E-state index in [0.29, 0.717) is 5.75 Å². The van der Waals surface area contributed by atoms with Crippen LogP contribution >= 0.6 is 23.0 Å². The van der Waals surface area contributed by atoms with Crippen molar-refractivity contribution in [3.8, 4) is 5.75 Å². The molecule has 0 aliphatic rings. The Morgan fingerprint density at radius 3 is 1.54 bits per heavy atom. The van der Waals surface area contributed by atoms with E-state index in [4.69, 9.17) is 3.07 Å². The summed E-state index contributed by atoms with van der Waals surface area (Å²) >= 11 is 1.62. The molecule has 5 heteroatoms. The van der Waals surface area contributed by atoms with Crippen LogP contribution < -0.4 is 8.17 Å². The van der Waals surface area contributed by atoms with E-state index < -0.39 is 5.97 Å². The predicted octanol–water partition coefficient (Wildman–Crippen LogP) is 5.78. The molecule has 4 nitrogen and oxygen atoms in total. The summed E-state index contributed by atoms with van der Waals surface area (Å²) in [5, 5.41) is 10.4. The monoisotopic (exact) mass is 505 g/mol. The first kappa shape index (κ1) is 27.2. The first-order valence-corrected chi connectivity index (χ1v) is 11.8. The number of halogens is 1. The highest BCUT2D eigenvalue weighted by atomic mass is 127. The summed E-state index contributed by atoms with van der Waals surface area (Å²) in [6.07, 6.45) is 11.1. The third kappa shape index (κ3) is 11.2. The number of quaternary nitrogens is 1. The van der Waals surface area contributed by atoms with Gasteiger partial charge in [0.1, 0.15) is 5.75 Å². The lowest BCUT2D eigenvalue weighted by atomic mass is 10.1. The Kier molecular flexibility index (Phi) is 16.6. The van der Waals surface area contributed by atoms with Crippen molar-refractivity contribution in [2.24, 2.45) is 0 Å². The topological polar surface area (TPSA) is 49.4 Å². The number of carboxylic acids is 1. The van der Waals surface area contributed by atoms with E-state index in [0.717, 1.165) is 0 Å². The number of hydrogen-bond donors (Lipinski definition) is 0. The normalized spacial score (nSPS) is 10.9. The molecular weight excluding hydrogens is 465 g/mol. The van der Waals surface area contributed by atoms with Gasteiger partial charge in [0.2, 0.25) is 0 Å². The summed E-state index contributed by atoms with van der Waals surface area (Å²) in [5.74, 6) is -0.912. The van der Waals surface area contributed by atoms with Crippen LogP contribution in [-0.4, -0.2) is 36.6 Å². The third-order valence-electron chi connectivity index (χ3n) is 5.13. The van der Waals surface area contributed by atoms with Gasteiger partial charge in [0.25, 0.3) is 0 Å². The summed E-state index contributed by atoms with van der Waals surface area (Å²) < 4.78 is 6.18. The van der Waals surface area contributed by atoms with Crippen LogP contribution in [0.5, 0.6) is 5.75 Å². The smallest absolute Gasteiger partial charge is 0.192 e. The number of carbonyl (C=O) groups is 1. The molecule has 0 radical (unpaired) electrons. The third-order valence-corrected chi connectivity index (χ3v) is 5.61. The molecule has 0 spiro atoms. The summed E-state index contributed by atoms with van der Waals surface area (Å²) in [4.78, 5) is 10.4. The van der Waals surface area contributed by atoms with Crippen LogP contribution in [0.2, 0.25) is 0 Å². The van der Waals surface area contributed by atoms with Crippen LogP contribution in [0, 0.1) is 0 Å². The van der Waals surface area contributed by atoms with E-state index in [2.05, 4.69) is 27.7 Å². The lowest BCUT2D eigenvalue weighted by Gasteiger charge is -2.39. The van der Waals surface area contributed by atoms with Gasteiger partial charge in [0.15, 0.2) is 23.0 Å². The van der Waals surface area contributed by atoms with Crippen LogP contribution in [-0.2, 0) is 0 Å². The second-order valence-electron chi connectivity index (χ2n) is 7.51. The predicted molar refractivity (Wildman–Crippen MR) is 125 cm³/mol. The molecule has 0 atom stereocenters. The highest BCUT2D eigenvalue weighted by Gasteiger charge is 2.24. The quantitative estimate of drug-likeness (QED) is 0.238. The van der Waals surface area contributed by atoms with E-state index in [-0.39, 0.29) is 5.56 Å². The van der Waals surface area contributed by atoms with E-state index in [1.165, 1.54) is 88.1 Å². The van der Waals surface area contributed by atoms with Crippen LogP contribution in [0.4, 0.5) is 0 Å². The molecule has 1 aromatic carbocycles. The summed E-state index contributed by atoms with van der Waals surface area (Å²) in [5.41, 5.74) is 0.0712. The highest BCUT2D eigenvalue weighted by molar-refractivity contribution is 14.1. The SMILES string of the molecule is CCCC[N+](CCCC)(CCCC)CCCC.O=C([O-])c1ccccc1OI. The molecule has 0 amide bonds. The summed E-state index contributed by atoms with van der Waals surface area (Å²) in [7, 11) is 0. The molecule has 0 saturated heterocycles. The zero-order chi connectivity index (χ0) is 21.3. The van der Waals surface area contributed by atoms with Crippen LogP contribution in [0.3, 0.4) is 0 Å². The Balaban J connectivity index is 0.000000567. The van der Waals surface area contributed by atoms with Gasteiger partial charge in [-0.05, 0) is 37.8 Å². The van der Waals surface area contributed by atoms with Crippen molar-refractivity contribution in [1.82, 2.24) is 0 Å². The molecule has 28 heavy (non-hydrogen) atoms. The number of rotatable bonds is 14. The molecule has 0 saturated carbocycles. The van der Waals surface area contributed by atoms with Crippen molar-refractivity contribution < 1.29 is 17.5 Å². The number of unbranched alkanes of at least 4 members (excludes halogenated alkanes) is 4. The number of nitrogens with zero attached hydrogens (tertiary/aromatic N) is 1. The number of aromatic carboxylic acids is 1. The van der Waals surface area contributed by atoms with Gasteiger partial charge in [-0.3, -0.25) is 0 Å². The van der Waals surface area contributed by atoms with Crippen molar-refractivity contribution in [2.75, 3.05) is 26.2 Å². The second-order valence-corrected chi connectivity index (χ2v) is 7.95. The van der Waals surface area contributed by atoms with Crippen molar-refractivity contribution in [3.63, 3.8) is 0 Å². The Morgan fingerprint density at radius 2 is 1.25 bits per heavy atom. The molecule has 0 N–H and O–H groups in total. The number of carbonyl (C=O) groups excluding carboxylic acids is 1. The van der Waals surface area contributed by atoms with Crippen LogP contribution in [0.15, 0.2) is 24.3 Å². The van der Waals surface area contributed by atoms with Gasteiger partial charge in [0.05, 0.1) is 32.1 Å². The number of carboxylic acid groups (broad SMARTS) is 1. The first-order valence-electron chi connectivity index (χ1n) is 10.9. The second kappa shape index (κ2) is 17.1. The maximum absolute atomic E-state index is 10.4. The van der Waals surface area contributed by atoms with E-state index in [9.17, 15) is 9.90 Å². The number of benzene rings is 1. The zero-order valence-corrected chi connectivity index (χ0v) is 20.5. The summed E-state index contributed by atoms with van der Waals surface area (Å²) in [6.45, 7) is 15.0. The summed E-state index contributed by atoms with van der Waals surface area (Å²) in [6, 6.07) is 6.31. The van der Waals surface area contributed by atoms with Gasteiger partial charge >= 0.3 is 0 Å². The van der Waals surface area contributed by atoms with Crippen LogP contribution in [0.25, 0.3) is 0 Å². The Labute approximate surface area is 186 Å². The molecule has 162 valence electrons. The molecule has 0 aliphatic heterocycles. The van der Waals surface area contributed by atoms with Gasteiger partial charge < -0.3 is 17.5 Å². The van der Waals surface area contributed by atoms with E-state index >= 15 is 0 Å². The molecule has 0 bridgehead atoms. The maximum atomic E-state index is 10.4. The van der Waals surface area contributed by atoms with Crippen molar-refractivity contribution in [1.29, 1.82) is 0 Å². The fourth-order valence-corrected chi connectivity index (χ4v) is 3.73. The van der Waals surface area contributed by atoms with Crippen LogP contribution in [0.1, 0.15) is 89.4 Å². The molecule has 0 heterocycles. The molecule has 0 fully saturated rings. The van der Waals surface area contributed by atoms with Gasteiger partial charge in [-0.25, -0.2) is 0 Å². The number of para-hydroxylation sites is 1. The number of hydrogen-bond acceptors (Lipinski definition) is 3. The Morgan fingerprint density at radius 1 is 0.857 bits per heavy atom. The molecule has 0 aromatic heterocycles. The van der Waals surface area contributed by atoms with E-state index in [1.54, 1.807) is 41.2 Å². The molecular formula is C23H40INO3. The minimum Gasteiger partial charge on any atom is -0.545 e. The highest BCUT2D eigenvalue weighted by Crippen LogP contribution is 2.18. The van der Waals surface area contributed by atoms with Gasteiger partial charge in [-0.15, -0.1) is 0 Å². The lowest BCUT2D eigenvalue weighted by molar-refractivity contribution is -0.929. The minimum absolute atomic E-state index is 0.0712. The Bertz CT molecular complexity index is 485. The van der Waals surface area contributed by atoms with Crippen molar-refractivity contribution in [2.45, 2.75) is 79.1 Å². The lowest BCUT2D eigenvalue weighted by Crippen LogP contribution is -2.50. The van der Waals surface area contributed by atoms with Crippen molar-refractivity contribution in [3.05, 3.63) is 29.8 Å². The Hall–Kier alpha value is -0.820. The van der Waals surface area contributed by atoms with Gasteiger partial charge in [-0.1, -0.05) is 65.5 Å². The zero-order valence-electron chi connectivity index (χ0n) is 18.3. The average Bonchev–Trinajstić information content (AvgIpc) is 2.73. The first-order chi connectivity index (χ1) is 13.5. The fourth-order valence-electron chi connectivity index (χ4n) is 3.35. The molecule has 1 aromatic rings. The fraction of sp³-hybridized carbons (Fsp3) is 0.696. The maximum Gasteiger partial charge on any atom is 0.192 e. The average molecular weight is 505 g/mol. The van der Waals surface area contributed by atoms with Gasteiger partial charge in [0, 0.05) is 5.56 Å². The van der Waals surface area contributed by atoms with Crippen molar-refractivity contribution >= 4 is 29.0 Å². The molecule has 0 unspecified atom stereocenters.